The first-order chi connectivity index (χ1) is 11.6. The number of rotatable bonds is 6. The van der Waals surface area contributed by atoms with Gasteiger partial charge in [-0.25, -0.2) is 9.78 Å². The minimum Gasteiger partial charge on any atom is -0.496 e. The normalized spacial score (nSPS) is 14.7. The standard InChI is InChI=1S/C18H18N2O4/c1-24-15-5-3-2-4-13(15)18(7-8-18)11-20-16(21)12-6-9-19-14(10-12)17(22)23/h2-6,9-10H,7-8,11H2,1H3,(H,20,21)(H,22,23). The number of carboxylic acid groups (broad SMARTS) is 1. The van der Waals surface area contributed by atoms with Crippen LogP contribution in [0.5, 0.6) is 5.75 Å². The topological polar surface area (TPSA) is 88.5 Å². The zero-order chi connectivity index (χ0) is 17.2. The third-order valence-electron chi connectivity index (χ3n) is 4.36. The minimum atomic E-state index is -1.16. The quantitative estimate of drug-likeness (QED) is 0.850. The molecule has 2 aromatic rings. The van der Waals surface area contributed by atoms with Crippen molar-refractivity contribution in [3.8, 4) is 5.75 Å². The van der Waals surface area contributed by atoms with E-state index in [0.29, 0.717) is 12.1 Å². The van der Waals surface area contributed by atoms with Gasteiger partial charge in [0.15, 0.2) is 0 Å². The van der Waals surface area contributed by atoms with Crippen LogP contribution in [0.15, 0.2) is 42.6 Å². The van der Waals surface area contributed by atoms with E-state index in [1.165, 1.54) is 18.3 Å². The second-order valence-electron chi connectivity index (χ2n) is 5.90. The highest BCUT2D eigenvalue weighted by Crippen LogP contribution is 2.50. The van der Waals surface area contributed by atoms with Crippen LogP contribution in [0.1, 0.15) is 39.3 Å². The molecule has 1 aliphatic carbocycles. The summed E-state index contributed by atoms with van der Waals surface area (Å²) in [6.07, 6.45) is 3.28. The van der Waals surface area contributed by atoms with Gasteiger partial charge in [0.1, 0.15) is 11.4 Å². The first-order valence-electron chi connectivity index (χ1n) is 7.67. The van der Waals surface area contributed by atoms with E-state index in [1.807, 2.05) is 24.3 Å². The zero-order valence-electron chi connectivity index (χ0n) is 13.3. The van der Waals surface area contributed by atoms with E-state index in [2.05, 4.69) is 10.3 Å². The van der Waals surface area contributed by atoms with Crippen molar-refractivity contribution in [2.45, 2.75) is 18.3 Å². The van der Waals surface area contributed by atoms with E-state index in [4.69, 9.17) is 9.84 Å². The van der Waals surface area contributed by atoms with Crippen LogP contribution in [-0.4, -0.2) is 35.6 Å². The van der Waals surface area contributed by atoms with Gasteiger partial charge in [-0.1, -0.05) is 18.2 Å². The fourth-order valence-electron chi connectivity index (χ4n) is 2.82. The summed E-state index contributed by atoms with van der Waals surface area (Å²) < 4.78 is 5.42. The average molecular weight is 326 g/mol. The molecule has 1 saturated carbocycles. The van der Waals surface area contributed by atoms with Crippen molar-refractivity contribution in [2.75, 3.05) is 13.7 Å². The van der Waals surface area contributed by atoms with Crippen molar-refractivity contribution in [2.24, 2.45) is 0 Å². The van der Waals surface area contributed by atoms with Crippen molar-refractivity contribution >= 4 is 11.9 Å². The Morgan fingerprint density at radius 1 is 1.29 bits per heavy atom. The predicted molar refractivity (Wildman–Crippen MR) is 87.4 cm³/mol. The molecule has 0 unspecified atom stereocenters. The number of carbonyl (C=O) groups excluding carboxylic acids is 1. The summed E-state index contributed by atoms with van der Waals surface area (Å²) in [5.74, 6) is -0.639. The van der Waals surface area contributed by atoms with Crippen molar-refractivity contribution in [1.29, 1.82) is 0 Å². The van der Waals surface area contributed by atoms with Crippen LogP contribution in [0, 0.1) is 0 Å². The highest BCUT2D eigenvalue weighted by molar-refractivity contribution is 5.96. The maximum absolute atomic E-state index is 12.3. The number of carboxylic acids is 1. The lowest BCUT2D eigenvalue weighted by Gasteiger charge is -2.19. The molecule has 24 heavy (non-hydrogen) atoms. The number of aromatic nitrogens is 1. The molecule has 0 saturated heterocycles. The molecular formula is C18H18N2O4. The summed E-state index contributed by atoms with van der Waals surface area (Å²) in [4.78, 5) is 27.0. The molecule has 6 heteroatoms. The van der Waals surface area contributed by atoms with E-state index in [-0.39, 0.29) is 17.0 Å². The van der Waals surface area contributed by atoms with Crippen molar-refractivity contribution in [3.05, 3.63) is 59.4 Å². The lowest BCUT2D eigenvalue weighted by Crippen LogP contribution is -2.32. The van der Waals surface area contributed by atoms with E-state index in [0.717, 1.165) is 24.2 Å². The molecule has 0 bridgehead atoms. The van der Waals surface area contributed by atoms with Gasteiger partial charge < -0.3 is 15.2 Å². The molecule has 1 aliphatic rings. The Morgan fingerprint density at radius 2 is 2.04 bits per heavy atom. The van der Waals surface area contributed by atoms with Crippen LogP contribution in [0.4, 0.5) is 0 Å². The Bertz CT molecular complexity index is 784. The molecule has 2 N–H and O–H groups in total. The summed E-state index contributed by atoms with van der Waals surface area (Å²) in [6.45, 7) is 0.483. The Kier molecular flexibility index (Phi) is 4.20. The van der Waals surface area contributed by atoms with Crippen molar-refractivity contribution in [1.82, 2.24) is 10.3 Å². The first-order valence-corrected chi connectivity index (χ1v) is 7.67. The number of para-hydroxylation sites is 1. The molecule has 0 spiro atoms. The number of ether oxygens (including phenoxy) is 1. The molecule has 6 nitrogen and oxygen atoms in total. The van der Waals surface area contributed by atoms with Gasteiger partial charge in [0.2, 0.25) is 0 Å². The smallest absolute Gasteiger partial charge is 0.354 e. The van der Waals surface area contributed by atoms with Gasteiger partial charge in [0, 0.05) is 29.3 Å². The van der Waals surface area contributed by atoms with Crippen molar-refractivity contribution < 1.29 is 19.4 Å². The van der Waals surface area contributed by atoms with Crippen LogP contribution < -0.4 is 10.1 Å². The number of nitrogens with one attached hydrogen (secondary N) is 1. The van der Waals surface area contributed by atoms with E-state index in [9.17, 15) is 9.59 Å². The fraction of sp³-hybridized carbons (Fsp3) is 0.278. The molecule has 1 amide bonds. The Morgan fingerprint density at radius 3 is 2.71 bits per heavy atom. The third kappa shape index (κ3) is 3.08. The summed E-state index contributed by atoms with van der Waals surface area (Å²) >= 11 is 0. The molecular weight excluding hydrogens is 308 g/mol. The number of nitrogens with zero attached hydrogens (tertiary/aromatic N) is 1. The van der Waals surface area contributed by atoms with Gasteiger partial charge in [-0.05, 0) is 31.0 Å². The van der Waals surface area contributed by atoms with Crippen LogP contribution in [0.2, 0.25) is 0 Å². The van der Waals surface area contributed by atoms with Gasteiger partial charge >= 0.3 is 5.97 Å². The monoisotopic (exact) mass is 326 g/mol. The van der Waals surface area contributed by atoms with E-state index >= 15 is 0 Å². The zero-order valence-corrected chi connectivity index (χ0v) is 13.3. The van der Waals surface area contributed by atoms with Gasteiger partial charge in [0.25, 0.3) is 5.91 Å². The number of amides is 1. The minimum absolute atomic E-state index is 0.106. The molecule has 1 heterocycles. The molecule has 1 fully saturated rings. The highest BCUT2D eigenvalue weighted by Gasteiger charge is 2.46. The predicted octanol–water partition coefficient (Wildman–Crippen LogP) is 2.25. The Balaban J connectivity index is 1.72. The lowest BCUT2D eigenvalue weighted by atomic mass is 9.94. The second kappa shape index (κ2) is 6.31. The van der Waals surface area contributed by atoms with Gasteiger partial charge in [-0.2, -0.15) is 0 Å². The van der Waals surface area contributed by atoms with Crippen molar-refractivity contribution in [3.63, 3.8) is 0 Å². The van der Waals surface area contributed by atoms with E-state index in [1.54, 1.807) is 7.11 Å². The number of carbonyl (C=O) groups is 2. The number of hydrogen-bond acceptors (Lipinski definition) is 4. The molecule has 0 radical (unpaired) electrons. The number of aromatic carboxylic acids is 1. The Labute approximate surface area is 139 Å². The lowest BCUT2D eigenvalue weighted by molar-refractivity contribution is 0.0690. The molecule has 1 aromatic heterocycles. The van der Waals surface area contributed by atoms with Gasteiger partial charge in [0.05, 0.1) is 7.11 Å². The SMILES string of the molecule is COc1ccccc1C1(CNC(=O)c2ccnc(C(=O)O)c2)CC1. The summed E-state index contributed by atoms with van der Waals surface area (Å²) in [5, 5.41) is 11.9. The van der Waals surface area contributed by atoms with Crippen LogP contribution >= 0.6 is 0 Å². The number of hydrogen-bond donors (Lipinski definition) is 2. The Hall–Kier alpha value is -2.89. The first kappa shape index (κ1) is 16.0. The number of benzene rings is 1. The number of pyridine rings is 1. The fourth-order valence-corrected chi connectivity index (χ4v) is 2.82. The van der Waals surface area contributed by atoms with Crippen LogP contribution in [0.25, 0.3) is 0 Å². The molecule has 0 atom stereocenters. The van der Waals surface area contributed by atoms with Crippen LogP contribution in [0.3, 0.4) is 0 Å². The number of methoxy groups -OCH3 is 1. The average Bonchev–Trinajstić information content (AvgIpc) is 3.40. The summed E-state index contributed by atoms with van der Waals surface area (Å²) in [5.41, 5.74) is 1.13. The van der Waals surface area contributed by atoms with Gasteiger partial charge in [-0.15, -0.1) is 0 Å². The maximum atomic E-state index is 12.3. The maximum Gasteiger partial charge on any atom is 0.354 e. The largest absolute Gasteiger partial charge is 0.496 e. The second-order valence-corrected chi connectivity index (χ2v) is 5.90. The molecule has 1 aromatic carbocycles. The highest BCUT2D eigenvalue weighted by atomic mass is 16.5. The molecule has 0 aliphatic heterocycles. The summed E-state index contributed by atoms with van der Waals surface area (Å²) in [7, 11) is 1.64. The van der Waals surface area contributed by atoms with E-state index < -0.39 is 5.97 Å². The summed E-state index contributed by atoms with van der Waals surface area (Å²) in [6, 6.07) is 10.6. The third-order valence-corrected chi connectivity index (χ3v) is 4.36. The molecule has 3 rings (SSSR count). The van der Waals surface area contributed by atoms with Crippen LogP contribution in [-0.2, 0) is 5.41 Å². The molecule has 124 valence electrons. The van der Waals surface area contributed by atoms with Gasteiger partial charge in [-0.3, -0.25) is 4.79 Å².